The van der Waals surface area contributed by atoms with Gasteiger partial charge in [-0.15, -0.1) is 0 Å². The largest absolute Gasteiger partial charge is 0.478 e. The van der Waals surface area contributed by atoms with Gasteiger partial charge in [0.1, 0.15) is 17.4 Å². The van der Waals surface area contributed by atoms with Gasteiger partial charge in [-0.3, -0.25) is 0 Å². The Kier molecular flexibility index (Phi) is 2.63. The highest BCUT2D eigenvalue weighted by molar-refractivity contribution is 9.10. The third-order valence-corrected chi connectivity index (χ3v) is 2.26. The zero-order chi connectivity index (χ0) is 10.0. The van der Waals surface area contributed by atoms with Crippen molar-refractivity contribution in [1.82, 2.24) is 0 Å². The zero-order valence-corrected chi connectivity index (χ0v) is 7.80. The molecule has 1 aromatic carbocycles. The summed E-state index contributed by atoms with van der Waals surface area (Å²) in [6.45, 7) is 0. The van der Waals surface area contributed by atoms with Crippen LogP contribution in [0.2, 0.25) is 0 Å². The number of carboxylic acid groups (broad SMARTS) is 1. The number of hydrogen-bond acceptors (Lipinski definition) is 2. The Bertz CT molecular complexity index is 411. The van der Waals surface area contributed by atoms with E-state index in [2.05, 4.69) is 15.9 Å². The van der Waals surface area contributed by atoms with Crippen LogP contribution in [0.3, 0.4) is 0 Å². The maximum absolute atomic E-state index is 12.8. The first kappa shape index (κ1) is 9.68. The molecule has 5 heteroatoms. The molecule has 1 N–H and O–H groups in total. The second kappa shape index (κ2) is 3.54. The first-order chi connectivity index (χ1) is 6.07. The van der Waals surface area contributed by atoms with Crippen LogP contribution in [0.15, 0.2) is 16.6 Å². The Balaban J connectivity index is 3.47. The average Bonchev–Trinajstić information content (AvgIpc) is 2.04. The molecule has 0 atom stereocenters. The van der Waals surface area contributed by atoms with Gasteiger partial charge in [0.25, 0.3) is 0 Å². The van der Waals surface area contributed by atoms with Gasteiger partial charge >= 0.3 is 5.97 Å². The first-order valence-corrected chi connectivity index (χ1v) is 3.98. The summed E-state index contributed by atoms with van der Waals surface area (Å²) in [6, 6.07) is 3.62. The molecule has 0 fully saturated rings. The van der Waals surface area contributed by atoms with E-state index in [-0.39, 0.29) is 15.6 Å². The molecule has 0 saturated carbocycles. The Hall–Kier alpha value is -1.41. The zero-order valence-electron chi connectivity index (χ0n) is 6.21. The van der Waals surface area contributed by atoms with Crippen molar-refractivity contribution < 1.29 is 14.3 Å². The second-order valence-corrected chi connectivity index (χ2v) is 2.99. The molecule has 0 amide bonds. The molecule has 0 aliphatic carbocycles. The number of halogens is 2. The van der Waals surface area contributed by atoms with Crippen molar-refractivity contribution in [1.29, 1.82) is 5.26 Å². The van der Waals surface area contributed by atoms with Crippen LogP contribution in [0.25, 0.3) is 0 Å². The fourth-order valence-corrected chi connectivity index (χ4v) is 1.40. The fourth-order valence-electron chi connectivity index (χ4n) is 0.820. The molecule has 1 rings (SSSR count). The van der Waals surface area contributed by atoms with Gasteiger partial charge in [-0.05, 0) is 28.1 Å². The van der Waals surface area contributed by atoms with Crippen molar-refractivity contribution in [2.45, 2.75) is 0 Å². The molecule has 66 valence electrons. The minimum atomic E-state index is -1.21. The third-order valence-electron chi connectivity index (χ3n) is 1.43. The number of aromatic carboxylic acids is 1. The predicted octanol–water partition coefficient (Wildman–Crippen LogP) is 2.16. The van der Waals surface area contributed by atoms with Crippen molar-refractivity contribution in [2.75, 3.05) is 0 Å². The monoisotopic (exact) mass is 243 g/mol. The second-order valence-electron chi connectivity index (χ2n) is 2.20. The van der Waals surface area contributed by atoms with Crippen LogP contribution in [-0.2, 0) is 0 Å². The van der Waals surface area contributed by atoms with Crippen molar-refractivity contribution in [3.63, 3.8) is 0 Å². The lowest BCUT2D eigenvalue weighted by Crippen LogP contribution is -2.00. The number of carboxylic acids is 1. The van der Waals surface area contributed by atoms with Gasteiger partial charge < -0.3 is 5.11 Å². The van der Waals surface area contributed by atoms with Crippen LogP contribution in [0.4, 0.5) is 4.39 Å². The summed E-state index contributed by atoms with van der Waals surface area (Å²) >= 11 is 2.85. The summed E-state index contributed by atoms with van der Waals surface area (Å²) in [5, 5.41) is 17.1. The molecular weight excluding hydrogens is 241 g/mol. The predicted molar refractivity (Wildman–Crippen MR) is 45.8 cm³/mol. The van der Waals surface area contributed by atoms with Gasteiger partial charge in [0.2, 0.25) is 0 Å². The van der Waals surface area contributed by atoms with E-state index < -0.39 is 11.8 Å². The van der Waals surface area contributed by atoms with E-state index in [4.69, 9.17) is 10.4 Å². The number of hydrogen-bond donors (Lipinski definition) is 1. The molecule has 3 nitrogen and oxygen atoms in total. The van der Waals surface area contributed by atoms with E-state index in [0.29, 0.717) is 0 Å². The molecule has 0 saturated heterocycles. The van der Waals surface area contributed by atoms with E-state index in [0.717, 1.165) is 12.1 Å². The number of rotatable bonds is 1. The minimum Gasteiger partial charge on any atom is -0.478 e. The van der Waals surface area contributed by atoms with Gasteiger partial charge in [0.15, 0.2) is 0 Å². The molecular formula is C8H3BrFNO2. The topological polar surface area (TPSA) is 61.1 Å². The third kappa shape index (κ3) is 1.68. The molecule has 0 unspecified atom stereocenters. The molecule has 0 aliphatic rings. The van der Waals surface area contributed by atoms with E-state index in [1.807, 2.05) is 0 Å². The normalized spacial score (nSPS) is 9.31. The van der Waals surface area contributed by atoms with Crippen LogP contribution < -0.4 is 0 Å². The maximum atomic E-state index is 12.8. The van der Waals surface area contributed by atoms with E-state index in [1.54, 1.807) is 6.07 Å². The van der Waals surface area contributed by atoms with E-state index in [9.17, 15) is 9.18 Å². The lowest BCUT2D eigenvalue weighted by Gasteiger charge is -2.00. The summed E-state index contributed by atoms with van der Waals surface area (Å²) in [4.78, 5) is 10.5. The average molecular weight is 244 g/mol. The first-order valence-electron chi connectivity index (χ1n) is 3.19. The fraction of sp³-hybridized carbons (Fsp3) is 0. The molecule has 0 aromatic heterocycles. The van der Waals surface area contributed by atoms with Crippen LogP contribution >= 0.6 is 15.9 Å². The number of nitrogens with zero attached hydrogens (tertiary/aromatic N) is 1. The molecule has 1 aromatic rings. The summed E-state index contributed by atoms with van der Waals surface area (Å²) in [5.41, 5.74) is -0.419. The van der Waals surface area contributed by atoms with Gasteiger partial charge in [-0.25, -0.2) is 9.18 Å². The van der Waals surface area contributed by atoms with E-state index in [1.165, 1.54) is 0 Å². The van der Waals surface area contributed by atoms with Crippen molar-refractivity contribution in [2.24, 2.45) is 0 Å². The Morgan fingerprint density at radius 3 is 2.69 bits per heavy atom. The molecule has 0 aliphatic heterocycles. The molecule has 0 heterocycles. The number of carbonyl (C=O) groups is 1. The summed E-state index contributed by atoms with van der Waals surface area (Å²) < 4.78 is 12.8. The van der Waals surface area contributed by atoms with Crippen LogP contribution in [0.5, 0.6) is 0 Å². The quantitative estimate of drug-likeness (QED) is 0.823. The van der Waals surface area contributed by atoms with Crippen molar-refractivity contribution in [3.8, 4) is 6.07 Å². The lowest BCUT2D eigenvalue weighted by molar-refractivity contribution is 0.0696. The highest BCUT2D eigenvalue weighted by Gasteiger charge is 2.15. The summed E-state index contributed by atoms with van der Waals surface area (Å²) in [6.07, 6.45) is 0. The summed E-state index contributed by atoms with van der Waals surface area (Å²) in [5.74, 6) is -1.94. The van der Waals surface area contributed by atoms with Gasteiger partial charge in [0, 0.05) is 0 Å². The molecule has 0 spiro atoms. The van der Waals surface area contributed by atoms with Gasteiger partial charge in [-0.2, -0.15) is 5.26 Å². The van der Waals surface area contributed by atoms with Gasteiger partial charge in [0.05, 0.1) is 10.0 Å². The molecule has 0 bridgehead atoms. The standard InChI is InChI=1S/C8H3BrFNO2/c9-7-4(8(12)13)1-2-6(10)5(7)3-11/h1-2H,(H,12,13). The molecule has 0 radical (unpaired) electrons. The molecule has 13 heavy (non-hydrogen) atoms. The van der Waals surface area contributed by atoms with Gasteiger partial charge in [-0.1, -0.05) is 0 Å². The lowest BCUT2D eigenvalue weighted by atomic mass is 10.1. The Morgan fingerprint density at radius 1 is 1.62 bits per heavy atom. The van der Waals surface area contributed by atoms with Crippen molar-refractivity contribution in [3.05, 3.63) is 33.5 Å². The van der Waals surface area contributed by atoms with Crippen LogP contribution in [0.1, 0.15) is 15.9 Å². The maximum Gasteiger partial charge on any atom is 0.336 e. The smallest absolute Gasteiger partial charge is 0.336 e. The minimum absolute atomic E-state index is 0.0255. The Morgan fingerprint density at radius 2 is 2.23 bits per heavy atom. The highest BCUT2D eigenvalue weighted by Crippen LogP contribution is 2.23. The van der Waals surface area contributed by atoms with Crippen LogP contribution in [0, 0.1) is 17.1 Å². The SMILES string of the molecule is N#Cc1c(F)ccc(C(=O)O)c1Br. The van der Waals surface area contributed by atoms with Crippen molar-refractivity contribution >= 4 is 21.9 Å². The van der Waals surface area contributed by atoms with Crippen LogP contribution in [-0.4, -0.2) is 11.1 Å². The number of benzene rings is 1. The Labute approximate surface area is 81.5 Å². The van der Waals surface area contributed by atoms with E-state index >= 15 is 0 Å². The number of nitriles is 1. The summed E-state index contributed by atoms with van der Waals surface area (Å²) in [7, 11) is 0. The highest BCUT2D eigenvalue weighted by atomic mass is 79.9.